The van der Waals surface area contributed by atoms with Crippen LogP contribution in [0.25, 0.3) is 0 Å². The van der Waals surface area contributed by atoms with Crippen LogP contribution in [0.15, 0.2) is 53.4 Å². The van der Waals surface area contributed by atoms with Gasteiger partial charge in [-0.2, -0.15) is 5.26 Å². The zero-order valence-corrected chi connectivity index (χ0v) is 13.8. The SMILES string of the molecule is CCCOc1cccc(C(=O)NS(=O)(=O)c2ccc(C#N)cc2)c1. The van der Waals surface area contributed by atoms with Crippen LogP contribution in [0.5, 0.6) is 5.75 Å². The average molecular weight is 344 g/mol. The van der Waals surface area contributed by atoms with Gasteiger partial charge in [0, 0.05) is 5.56 Å². The van der Waals surface area contributed by atoms with Crippen LogP contribution in [0, 0.1) is 11.3 Å². The Kier molecular flexibility index (Phi) is 5.55. The van der Waals surface area contributed by atoms with Crippen molar-refractivity contribution in [1.29, 1.82) is 5.26 Å². The van der Waals surface area contributed by atoms with Gasteiger partial charge in [-0.25, -0.2) is 13.1 Å². The van der Waals surface area contributed by atoms with Crippen molar-refractivity contribution in [2.24, 2.45) is 0 Å². The van der Waals surface area contributed by atoms with E-state index in [1.807, 2.05) is 17.7 Å². The maximum absolute atomic E-state index is 12.2. The molecule has 0 saturated carbocycles. The first-order valence-corrected chi connectivity index (χ1v) is 8.75. The summed E-state index contributed by atoms with van der Waals surface area (Å²) in [6.07, 6.45) is 0.823. The third-order valence-electron chi connectivity index (χ3n) is 3.09. The predicted molar refractivity (Wildman–Crippen MR) is 88.0 cm³/mol. The lowest BCUT2D eigenvalue weighted by atomic mass is 10.2. The Morgan fingerprint density at radius 3 is 2.54 bits per heavy atom. The molecule has 0 radical (unpaired) electrons. The molecule has 2 rings (SSSR count). The molecule has 124 valence electrons. The summed E-state index contributed by atoms with van der Waals surface area (Å²) in [7, 11) is -4.01. The van der Waals surface area contributed by atoms with E-state index in [9.17, 15) is 13.2 Å². The molecule has 2 aromatic rings. The van der Waals surface area contributed by atoms with Crippen molar-refractivity contribution in [3.63, 3.8) is 0 Å². The summed E-state index contributed by atoms with van der Waals surface area (Å²) in [6, 6.07) is 13.5. The molecule has 0 heterocycles. The minimum Gasteiger partial charge on any atom is -0.494 e. The van der Waals surface area contributed by atoms with Crippen molar-refractivity contribution >= 4 is 15.9 Å². The van der Waals surface area contributed by atoms with Crippen molar-refractivity contribution in [2.75, 3.05) is 6.61 Å². The number of carbonyl (C=O) groups excluding carboxylic acids is 1. The maximum Gasteiger partial charge on any atom is 0.265 e. The fourth-order valence-corrected chi connectivity index (χ4v) is 2.87. The van der Waals surface area contributed by atoms with Gasteiger partial charge >= 0.3 is 0 Å². The van der Waals surface area contributed by atoms with E-state index in [1.54, 1.807) is 12.1 Å². The smallest absolute Gasteiger partial charge is 0.265 e. The van der Waals surface area contributed by atoms with E-state index in [4.69, 9.17) is 10.00 Å². The second-order valence-corrected chi connectivity index (χ2v) is 6.63. The van der Waals surface area contributed by atoms with Gasteiger partial charge in [-0.05, 0) is 48.9 Å². The Morgan fingerprint density at radius 2 is 1.92 bits per heavy atom. The van der Waals surface area contributed by atoms with E-state index in [0.717, 1.165) is 6.42 Å². The van der Waals surface area contributed by atoms with Crippen LogP contribution in [0.4, 0.5) is 0 Å². The van der Waals surface area contributed by atoms with Crippen molar-refractivity contribution in [3.05, 3.63) is 59.7 Å². The minimum absolute atomic E-state index is 0.0896. The highest BCUT2D eigenvalue weighted by molar-refractivity contribution is 7.90. The number of sulfonamides is 1. The van der Waals surface area contributed by atoms with Gasteiger partial charge in [0.1, 0.15) is 5.75 Å². The van der Waals surface area contributed by atoms with Crippen molar-refractivity contribution in [3.8, 4) is 11.8 Å². The molecule has 0 atom stereocenters. The summed E-state index contributed by atoms with van der Waals surface area (Å²) in [5.74, 6) is -0.249. The molecule has 1 amide bonds. The number of amides is 1. The molecular weight excluding hydrogens is 328 g/mol. The van der Waals surface area contributed by atoms with Crippen LogP contribution in [0.1, 0.15) is 29.3 Å². The Bertz CT molecular complexity index is 868. The normalized spacial score (nSPS) is 10.7. The van der Waals surface area contributed by atoms with Crippen LogP contribution < -0.4 is 9.46 Å². The summed E-state index contributed by atoms with van der Waals surface area (Å²) >= 11 is 0. The molecule has 1 N–H and O–H groups in total. The largest absolute Gasteiger partial charge is 0.494 e. The Morgan fingerprint density at radius 1 is 1.21 bits per heavy atom. The van der Waals surface area contributed by atoms with Gasteiger partial charge in [-0.1, -0.05) is 13.0 Å². The molecule has 0 bridgehead atoms. The lowest BCUT2D eigenvalue weighted by Crippen LogP contribution is -2.30. The van der Waals surface area contributed by atoms with Crippen molar-refractivity contribution in [2.45, 2.75) is 18.2 Å². The molecule has 0 aliphatic rings. The number of nitriles is 1. The summed E-state index contributed by atoms with van der Waals surface area (Å²) < 4.78 is 31.9. The van der Waals surface area contributed by atoms with Gasteiger partial charge in [0.05, 0.1) is 23.1 Å². The Balaban J connectivity index is 2.17. The van der Waals surface area contributed by atoms with E-state index >= 15 is 0 Å². The highest BCUT2D eigenvalue weighted by Gasteiger charge is 2.19. The lowest BCUT2D eigenvalue weighted by Gasteiger charge is -2.09. The molecule has 24 heavy (non-hydrogen) atoms. The van der Waals surface area contributed by atoms with Gasteiger partial charge in [0.2, 0.25) is 0 Å². The maximum atomic E-state index is 12.2. The van der Waals surface area contributed by atoms with Crippen molar-refractivity contribution in [1.82, 2.24) is 4.72 Å². The second kappa shape index (κ2) is 7.62. The van der Waals surface area contributed by atoms with E-state index < -0.39 is 15.9 Å². The molecule has 0 fully saturated rings. The van der Waals surface area contributed by atoms with Crippen LogP contribution in [-0.4, -0.2) is 20.9 Å². The highest BCUT2D eigenvalue weighted by Crippen LogP contribution is 2.15. The number of benzene rings is 2. The first kappa shape index (κ1) is 17.5. The van der Waals surface area contributed by atoms with Crippen LogP contribution >= 0.6 is 0 Å². The summed E-state index contributed by atoms with van der Waals surface area (Å²) in [4.78, 5) is 12.1. The molecule has 7 heteroatoms. The van der Waals surface area contributed by atoms with Crippen LogP contribution in [-0.2, 0) is 10.0 Å². The molecule has 0 aliphatic carbocycles. The van der Waals surface area contributed by atoms with Gasteiger partial charge in [-0.3, -0.25) is 4.79 Å². The first-order chi connectivity index (χ1) is 11.5. The standard InChI is InChI=1S/C17H16N2O4S/c1-2-10-23-15-5-3-4-14(11-15)17(20)19-24(21,22)16-8-6-13(12-18)7-9-16/h3-9,11H,2,10H2,1H3,(H,19,20). The zero-order chi connectivity index (χ0) is 17.6. The summed E-state index contributed by atoms with van der Waals surface area (Å²) in [5, 5.41) is 8.73. The van der Waals surface area contributed by atoms with E-state index in [-0.39, 0.29) is 10.5 Å². The fraction of sp³-hybridized carbons (Fsp3) is 0.176. The number of nitrogens with zero attached hydrogens (tertiary/aromatic N) is 1. The molecule has 6 nitrogen and oxygen atoms in total. The molecular formula is C17H16N2O4S. The number of hydrogen-bond donors (Lipinski definition) is 1. The quantitative estimate of drug-likeness (QED) is 0.868. The molecule has 2 aromatic carbocycles. The van der Waals surface area contributed by atoms with Gasteiger partial charge in [0.15, 0.2) is 0 Å². The van der Waals surface area contributed by atoms with Crippen molar-refractivity contribution < 1.29 is 17.9 Å². The number of ether oxygens (including phenoxy) is 1. The highest BCUT2D eigenvalue weighted by atomic mass is 32.2. The molecule has 0 unspecified atom stereocenters. The van der Waals surface area contributed by atoms with E-state index in [1.165, 1.54) is 36.4 Å². The predicted octanol–water partition coefficient (Wildman–Crippen LogP) is 2.47. The van der Waals surface area contributed by atoms with Crippen LogP contribution in [0.3, 0.4) is 0 Å². The molecule has 0 aromatic heterocycles. The third kappa shape index (κ3) is 4.33. The molecule has 0 spiro atoms. The minimum atomic E-state index is -4.01. The number of hydrogen-bond acceptors (Lipinski definition) is 5. The topological polar surface area (TPSA) is 96.3 Å². The van der Waals surface area contributed by atoms with Crippen LogP contribution in [0.2, 0.25) is 0 Å². The summed E-state index contributed by atoms with van der Waals surface area (Å²) in [5.41, 5.74) is 0.516. The molecule has 0 aliphatic heterocycles. The first-order valence-electron chi connectivity index (χ1n) is 7.26. The fourth-order valence-electron chi connectivity index (χ4n) is 1.90. The van der Waals surface area contributed by atoms with Gasteiger partial charge < -0.3 is 4.74 Å². The van der Waals surface area contributed by atoms with Gasteiger partial charge in [0.25, 0.3) is 15.9 Å². The van der Waals surface area contributed by atoms with Gasteiger partial charge in [-0.15, -0.1) is 0 Å². The Hall–Kier alpha value is -2.85. The number of rotatable bonds is 6. The number of nitrogens with one attached hydrogen (secondary N) is 1. The average Bonchev–Trinajstić information content (AvgIpc) is 2.60. The van der Waals surface area contributed by atoms with E-state index in [2.05, 4.69) is 0 Å². The zero-order valence-electron chi connectivity index (χ0n) is 13.0. The van der Waals surface area contributed by atoms with E-state index in [0.29, 0.717) is 17.9 Å². The molecule has 0 saturated heterocycles. The lowest BCUT2D eigenvalue weighted by molar-refractivity contribution is 0.0981. The number of carbonyl (C=O) groups is 1. The Labute approximate surface area is 140 Å². The third-order valence-corrected chi connectivity index (χ3v) is 4.44. The second-order valence-electron chi connectivity index (χ2n) is 4.95. The monoisotopic (exact) mass is 344 g/mol. The summed E-state index contributed by atoms with van der Waals surface area (Å²) in [6.45, 7) is 2.47.